The van der Waals surface area contributed by atoms with Crippen LogP contribution in [0.4, 0.5) is 0 Å². The van der Waals surface area contributed by atoms with Crippen molar-refractivity contribution >= 4 is 0 Å². The van der Waals surface area contributed by atoms with E-state index in [1.165, 1.54) is 35.4 Å². The lowest BCUT2D eigenvalue weighted by molar-refractivity contribution is 0.354. The zero-order chi connectivity index (χ0) is 13.9. The van der Waals surface area contributed by atoms with Crippen molar-refractivity contribution in [3.8, 4) is 11.5 Å². The monoisotopic (exact) mass is 272 g/mol. The number of nitrogens with one attached hydrogen (secondary N) is 1. The maximum absolute atomic E-state index is 5.36. The zero-order valence-corrected chi connectivity index (χ0v) is 12.0. The Bertz CT molecular complexity index is 605. The Morgan fingerprint density at radius 2 is 1.90 bits per heavy atom. The first-order chi connectivity index (χ1) is 9.81. The summed E-state index contributed by atoms with van der Waals surface area (Å²) in [6, 6.07) is 6.06. The number of hydrogen-bond acceptors (Lipinski definition) is 3. The van der Waals surface area contributed by atoms with Crippen LogP contribution in [-0.4, -0.2) is 24.4 Å². The van der Waals surface area contributed by atoms with Gasteiger partial charge in [-0.3, -0.25) is 5.10 Å². The Balaban J connectivity index is 1.86. The third-order valence-corrected chi connectivity index (χ3v) is 3.96. The van der Waals surface area contributed by atoms with E-state index in [1.54, 1.807) is 14.2 Å². The van der Waals surface area contributed by atoms with Crippen molar-refractivity contribution in [1.29, 1.82) is 0 Å². The van der Waals surface area contributed by atoms with Crippen molar-refractivity contribution in [1.82, 2.24) is 10.2 Å². The van der Waals surface area contributed by atoms with Crippen LogP contribution in [0.15, 0.2) is 18.2 Å². The van der Waals surface area contributed by atoms with Gasteiger partial charge in [0, 0.05) is 12.1 Å². The van der Waals surface area contributed by atoms with Gasteiger partial charge in [-0.1, -0.05) is 6.07 Å². The van der Waals surface area contributed by atoms with Crippen LogP contribution in [0.5, 0.6) is 11.5 Å². The van der Waals surface area contributed by atoms with E-state index in [1.807, 2.05) is 12.1 Å². The summed E-state index contributed by atoms with van der Waals surface area (Å²) in [6.07, 6.45) is 5.66. The topological polar surface area (TPSA) is 47.1 Å². The van der Waals surface area contributed by atoms with Gasteiger partial charge in [0.15, 0.2) is 11.5 Å². The fourth-order valence-electron chi connectivity index (χ4n) is 2.88. The van der Waals surface area contributed by atoms with E-state index in [-0.39, 0.29) is 0 Å². The number of aryl methyl sites for hydroxylation is 1. The molecule has 1 aliphatic carbocycles. The van der Waals surface area contributed by atoms with Crippen LogP contribution in [0.25, 0.3) is 0 Å². The highest BCUT2D eigenvalue weighted by Gasteiger charge is 2.17. The molecule has 1 N–H and O–H groups in total. The summed E-state index contributed by atoms with van der Waals surface area (Å²) in [7, 11) is 3.32. The Morgan fingerprint density at radius 1 is 1.10 bits per heavy atom. The van der Waals surface area contributed by atoms with E-state index in [4.69, 9.17) is 9.47 Å². The van der Waals surface area contributed by atoms with Gasteiger partial charge >= 0.3 is 0 Å². The molecule has 2 aromatic rings. The van der Waals surface area contributed by atoms with E-state index < -0.39 is 0 Å². The van der Waals surface area contributed by atoms with E-state index >= 15 is 0 Å². The third kappa shape index (κ3) is 2.38. The number of ether oxygens (including phenoxy) is 2. The smallest absolute Gasteiger partial charge is 0.160 e. The molecule has 0 spiro atoms. The molecule has 0 saturated carbocycles. The second kappa shape index (κ2) is 5.57. The predicted octanol–water partition coefficient (Wildman–Crippen LogP) is 2.90. The first-order valence-corrected chi connectivity index (χ1v) is 7.07. The predicted molar refractivity (Wildman–Crippen MR) is 77.6 cm³/mol. The summed E-state index contributed by atoms with van der Waals surface area (Å²) in [4.78, 5) is 0. The van der Waals surface area contributed by atoms with Crippen LogP contribution in [0.2, 0.25) is 0 Å². The molecule has 0 radical (unpaired) electrons. The minimum absolute atomic E-state index is 0.764. The number of nitrogens with zero attached hydrogens (tertiary/aromatic N) is 1. The van der Waals surface area contributed by atoms with Crippen molar-refractivity contribution in [2.45, 2.75) is 32.1 Å². The maximum atomic E-state index is 5.36. The number of methoxy groups -OCH3 is 2. The third-order valence-electron chi connectivity index (χ3n) is 3.96. The van der Waals surface area contributed by atoms with E-state index in [0.717, 1.165) is 30.8 Å². The van der Waals surface area contributed by atoms with Crippen LogP contribution in [0, 0.1) is 0 Å². The summed E-state index contributed by atoms with van der Waals surface area (Å²) >= 11 is 0. The molecular weight excluding hydrogens is 252 g/mol. The summed E-state index contributed by atoms with van der Waals surface area (Å²) in [6.45, 7) is 0. The lowest BCUT2D eigenvalue weighted by Gasteiger charge is -2.12. The number of hydrogen-bond donors (Lipinski definition) is 1. The number of aromatic nitrogens is 2. The average molecular weight is 272 g/mol. The lowest BCUT2D eigenvalue weighted by Crippen LogP contribution is -2.03. The number of H-pyrrole nitrogens is 1. The van der Waals surface area contributed by atoms with Crippen molar-refractivity contribution in [2.24, 2.45) is 0 Å². The molecule has 1 heterocycles. The molecule has 1 aromatic carbocycles. The molecule has 0 fully saturated rings. The minimum atomic E-state index is 0.764. The van der Waals surface area contributed by atoms with Gasteiger partial charge in [0.2, 0.25) is 0 Å². The molecule has 0 unspecified atom stereocenters. The van der Waals surface area contributed by atoms with E-state index in [0.29, 0.717) is 0 Å². The van der Waals surface area contributed by atoms with Crippen LogP contribution >= 0.6 is 0 Å². The molecule has 0 amide bonds. The molecule has 0 bridgehead atoms. The molecule has 20 heavy (non-hydrogen) atoms. The fourth-order valence-corrected chi connectivity index (χ4v) is 2.88. The van der Waals surface area contributed by atoms with Crippen molar-refractivity contribution in [3.63, 3.8) is 0 Å². The van der Waals surface area contributed by atoms with Gasteiger partial charge in [-0.2, -0.15) is 5.10 Å². The van der Waals surface area contributed by atoms with Gasteiger partial charge in [-0.25, -0.2) is 0 Å². The van der Waals surface area contributed by atoms with Crippen molar-refractivity contribution < 1.29 is 9.47 Å². The molecular formula is C16H20N2O2. The molecule has 4 heteroatoms. The van der Waals surface area contributed by atoms with Crippen LogP contribution < -0.4 is 9.47 Å². The number of fused-ring (bicyclic) bond motifs is 1. The lowest BCUT2D eigenvalue weighted by atomic mass is 9.94. The summed E-state index contributed by atoms with van der Waals surface area (Å²) < 4.78 is 10.6. The van der Waals surface area contributed by atoms with Gasteiger partial charge in [0.25, 0.3) is 0 Å². The minimum Gasteiger partial charge on any atom is -0.493 e. The Hall–Kier alpha value is -1.97. The van der Waals surface area contributed by atoms with Crippen LogP contribution in [0.1, 0.15) is 35.4 Å². The Labute approximate surface area is 119 Å². The van der Waals surface area contributed by atoms with Crippen LogP contribution in [-0.2, 0) is 19.3 Å². The molecule has 3 rings (SSSR count). The van der Waals surface area contributed by atoms with E-state index in [2.05, 4.69) is 16.3 Å². The van der Waals surface area contributed by atoms with Crippen molar-refractivity contribution in [2.75, 3.05) is 14.2 Å². The number of aromatic amines is 1. The van der Waals surface area contributed by atoms with Gasteiger partial charge in [-0.05, 0) is 48.9 Å². The SMILES string of the molecule is COc1ccc(Cc2n[nH]c3c2CCCC3)cc1OC. The highest BCUT2D eigenvalue weighted by Crippen LogP contribution is 2.29. The van der Waals surface area contributed by atoms with Gasteiger partial charge in [-0.15, -0.1) is 0 Å². The molecule has 1 aromatic heterocycles. The largest absolute Gasteiger partial charge is 0.493 e. The summed E-state index contributed by atoms with van der Waals surface area (Å²) in [5.41, 5.74) is 5.12. The van der Waals surface area contributed by atoms with Crippen LogP contribution in [0.3, 0.4) is 0 Å². The standard InChI is InChI=1S/C16H20N2O2/c1-19-15-8-7-11(10-16(15)20-2)9-14-12-5-3-4-6-13(12)17-18-14/h7-8,10H,3-6,9H2,1-2H3,(H,17,18). The molecule has 0 aliphatic heterocycles. The second-order valence-corrected chi connectivity index (χ2v) is 5.20. The zero-order valence-electron chi connectivity index (χ0n) is 12.0. The molecule has 4 nitrogen and oxygen atoms in total. The molecule has 1 aliphatic rings. The maximum Gasteiger partial charge on any atom is 0.160 e. The summed E-state index contributed by atoms with van der Waals surface area (Å²) in [5, 5.41) is 7.69. The molecule has 106 valence electrons. The normalized spacial score (nSPS) is 13.9. The van der Waals surface area contributed by atoms with Gasteiger partial charge in [0.1, 0.15) is 0 Å². The highest BCUT2D eigenvalue weighted by molar-refractivity contribution is 5.44. The number of benzene rings is 1. The second-order valence-electron chi connectivity index (χ2n) is 5.20. The highest BCUT2D eigenvalue weighted by atomic mass is 16.5. The summed E-state index contributed by atoms with van der Waals surface area (Å²) in [5.74, 6) is 1.54. The first-order valence-electron chi connectivity index (χ1n) is 7.07. The Morgan fingerprint density at radius 3 is 2.70 bits per heavy atom. The van der Waals surface area contributed by atoms with Gasteiger partial charge in [0.05, 0.1) is 19.9 Å². The number of rotatable bonds is 4. The van der Waals surface area contributed by atoms with Crippen molar-refractivity contribution in [3.05, 3.63) is 40.7 Å². The molecule has 0 saturated heterocycles. The molecule has 0 atom stereocenters. The van der Waals surface area contributed by atoms with E-state index in [9.17, 15) is 0 Å². The quantitative estimate of drug-likeness (QED) is 0.931. The average Bonchev–Trinajstić information content (AvgIpc) is 2.90. The first kappa shape index (κ1) is 13.0. The Kier molecular flexibility index (Phi) is 3.63. The fraction of sp³-hybridized carbons (Fsp3) is 0.438. The van der Waals surface area contributed by atoms with Gasteiger partial charge < -0.3 is 9.47 Å².